The van der Waals surface area contributed by atoms with E-state index in [1.165, 1.54) is 31.4 Å². The number of hydrogen-bond donors (Lipinski definition) is 1. The summed E-state index contributed by atoms with van der Waals surface area (Å²) < 4.78 is 2.26. The van der Waals surface area contributed by atoms with Crippen molar-refractivity contribution in [1.29, 1.82) is 0 Å². The maximum atomic E-state index is 4.49. The third-order valence-corrected chi connectivity index (χ3v) is 3.39. The normalized spacial score (nSPS) is 19.6. The molecule has 0 aromatic carbocycles. The van der Waals surface area contributed by atoms with Gasteiger partial charge >= 0.3 is 0 Å². The van der Waals surface area contributed by atoms with Crippen LogP contribution in [0.5, 0.6) is 0 Å². The smallest absolute Gasteiger partial charge is 0.0522 e. The van der Waals surface area contributed by atoms with E-state index in [-0.39, 0.29) is 0 Å². The van der Waals surface area contributed by atoms with Gasteiger partial charge in [0.2, 0.25) is 0 Å². The quantitative estimate of drug-likeness (QED) is 0.821. The highest BCUT2D eigenvalue weighted by Gasteiger charge is 2.21. The Morgan fingerprint density at radius 3 is 2.93 bits per heavy atom. The van der Waals surface area contributed by atoms with Crippen LogP contribution in [-0.4, -0.2) is 23.4 Å². The van der Waals surface area contributed by atoms with E-state index in [2.05, 4.69) is 28.1 Å². The van der Waals surface area contributed by atoms with Gasteiger partial charge in [0, 0.05) is 24.4 Å². The molecule has 1 aliphatic carbocycles. The summed E-state index contributed by atoms with van der Waals surface area (Å²) in [5.74, 6) is 0.554. The maximum absolute atomic E-state index is 4.49. The largest absolute Gasteiger partial charge is 0.319 e. The lowest BCUT2D eigenvalue weighted by Crippen LogP contribution is -2.19. The predicted octanol–water partition coefficient (Wildman–Crippen LogP) is 2.32. The number of nitrogens with zero attached hydrogens (tertiary/aromatic N) is 2. The number of rotatable bonds is 4. The van der Waals surface area contributed by atoms with Crippen LogP contribution in [0.4, 0.5) is 0 Å². The molecule has 1 aromatic rings. The number of likely N-dealkylation sites (N-methyl/N-ethyl adjacent to an activating group) is 1. The minimum absolute atomic E-state index is 0.554. The van der Waals surface area contributed by atoms with Crippen molar-refractivity contribution in [3.05, 3.63) is 18.0 Å². The Kier molecular flexibility index (Phi) is 3.41. The summed E-state index contributed by atoms with van der Waals surface area (Å²) in [6, 6.07) is 2.83. The van der Waals surface area contributed by atoms with Crippen molar-refractivity contribution in [2.24, 2.45) is 0 Å². The van der Waals surface area contributed by atoms with Crippen molar-refractivity contribution in [3.8, 4) is 0 Å². The second-order valence-corrected chi connectivity index (χ2v) is 4.60. The fourth-order valence-corrected chi connectivity index (χ4v) is 2.58. The molecular weight excluding hydrogens is 186 g/mol. The van der Waals surface area contributed by atoms with E-state index >= 15 is 0 Å². The lowest BCUT2D eigenvalue weighted by molar-refractivity contribution is 0.435. The van der Waals surface area contributed by atoms with Crippen LogP contribution in [0.1, 0.15) is 50.3 Å². The van der Waals surface area contributed by atoms with E-state index in [0.29, 0.717) is 12.0 Å². The Balaban J connectivity index is 2.13. The minimum atomic E-state index is 0.554. The lowest BCUT2D eigenvalue weighted by atomic mass is 10.1. The van der Waals surface area contributed by atoms with Gasteiger partial charge in [-0.2, -0.15) is 5.10 Å². The summed E-state index contributed by atoms with van der Waals surface area (Å²) in [5.41, 5.74) is 1.39. The Labute approximate surface area is 91.9 Å². The predicted molar refractivity (Wildman–Crippen MR) is 62.1 cm³/mol. The summed E-state index contributed by atoms with van der Waals surface area (Å²) in [7, 11) is 2.01. The van der Waals surface area contributed by atoms with E-state index in [1.807, 2.05) is 13.2 Å². The SMILES string of the molecule is CNCC(C)c1ccnn1C1CCCC1. The molecule has 1 atom stereocenters. The lowest BCUT2D eigenvalue weighted by Gasteiger charge is -2.18. The second-order valence-electron chi connectivity index (χ2n) is 4.60. The van der Waals surface area contributed by atoms with Gasteiger partial charge < -0.3 is 5.32 Å². The third kappa shape index (κ3) is 2.23. The molecule has 0 amide bonds. The molecule has 3 nitrogen and oxygen atoms in total. The van der Waals surface area contributed by atoms with Crippen LogP contribution in [0.15, 0.2) is 12.3 Å². The van der Waals surface area contributed by atoms with Crippen LogP contribution in [0.25, 0.3) is 0 Å². The van der Waals surface area contributed by atoms with Crippen LogP contribution in [0.3, 0.4) is 0 Å². The molecule has 84 valence electrons. The first kappa shape index (κ1) is 10.7. The van der Waals surface area contributed by atoms with Gasteiger partial charge in [-0.15, -0.1) is 0 Å². The molecule has 0 radical (unpaired) electrons. The number of hydrogen-bond acceptors (Lipinski definition) is 2. The third-order valence-electron chi connectivity index (χ3n) is 3.39. The standard InChI is InChI=1S/C12H21N3/c1-10(9-13-2)12-7-8-14-15(12)11-5-3-4-6-11/h7-8,10-11,13H,3-6,9H2,1-2H3. The summed E-state index contributed by atoms with van der Waals surface area (Å²) in [6.07, 6.45) is 7.29. The number of nitrogens with one attached hydrogen (secondary N) is 1. The average Bonchev–Trinajstić information content (AvgIpc) is 2.88. The van der Waals surface area contributed by atoms with Crippen LogP contribution in [0.2, 0.25) is 0 Å². The van der Waals surface area contributed by atoms with Gasteiger partial charge in [0.05, 0.1) is 6.04 Å². The fourth-order valence-electron chi connectivity index (χ4n) is 2.58. The van der Waals surface area contributed by atoms with Crippen molar-refractivity contribution in [1.82, 2.24) is 15.1 Å². The molecule has 0 bridgehead atoms. The second kappa shape index (κ2) is 4.79. The number of aromatic nitrogens is 2. The Bertz CT molecular complexity index is 300. The highest BCUT2D eigenvalue weighted by Crippen LogP contribution is 2.31. The van der Waals surface area contributed by atoms with Crippen LogP contribution >= 0.6 is 0 Å². The van der Waals surface area contributed by atoms with Crippen LogP contribution in [0, 0.1) is 0 Å². The Hall–Kier alpha value is -0.830. The molecule has 0 saturated heterocycles. The Morgan fingerprint density at radius 2 is 2.27 bits per heavy atom. The molecule has 1 aromatic heterocycles. The molecule has 1 heterocycles. The topological polar surface area (TPSA) is 29.9 Å². The molecule has 2 rings (SSSR count). The molecule has 1 unspecified atom stereocenters. The zero-order valence-electron chi connectivity index (χ0n) is 9.74. The molecule has 1 fully saturated rings. The molecule has 0 aliphatic heterocycles. The van der Waals surface area contributed by atoms with E-state index < -0.39 is 0 Å². The van der Waals surface area contributed by atoms with E-state index in [4.69, 9.17) is 0 Å². The Morgan fingerprint density at radius 1 is 1.53 bits per heavy atom. The van der Waals surface area contributed by atoms with Crippen LogP contribution < -0.4 is 5.32 Å². The van der Waals surface area contributed by atoms with Gasteiger partial charge in [0.15, 0.2) is 0 Å². The maximum Gasteiger partial charge on any atom is 0.0522 e. The fraction of sp³-hybridized carbons (Fsp3) is 0.750. The molecule has 1 N–H and O–H groups in total. The van der Waals surface area contributed by atoms with Gasteiger partial charge in [-0.25, -0.2) is 0 Å². The van der Waals surface area contributed by atoms with Gasteiger partial charge in [-0.1, -0.05) is 19.8 Å². The summed E-state index contributed by atoms with van der Waals surface area (Å²) >= 11 is 0. The van der Waals surface area contributed by atoms with E-state index in [9.17, 15) is 0 Å². The first-order valence-corrected chi connectivity index (χ1v) is 6.01. The minimum Gasteiger partial charge on any atom is -0.319 e. The first-order chi connectivity index (χ1) is 7.33. The molecular formula is C12H21N3. The molecule has 1 aliphatic rings. The highest BCUT2D eigenvalue weighted by molar-refractivity contribution is 5.08. The van der Waals surface area contributed by atoms with Crippen LogP contribution in [-0.2, 0) is 0 Å². The molecule has 15 heavy (non-hydrogen) atoms. The van der Waals surface area contributed by atoms with Gasteiger partial charge in [-0.05, 0) is 26.0 Å². The van der Waals surface area contributed by atoms with Crippen molar-refractivity contribution in [2.45, 2.75) is 44.6 Å². The van der Waals surface area contributed by atoms with Gasteiger partial charge in [-0.3, -0.25) is 4.68 Å². The zero-order chi connectivity index (χ0) is 10.7. The van der Waals surface area contributed by atoms with Crippen molar-refractivity contribution < 1.29 is 0 Å². The summed E-state index contributed by atoms with van der Waals surface area (Å²) in [5, 5.41) is 7.72. The monoisotopic (exact) mass is 207 g/mol. The van der Waals surface area contributed by atoms with Crippen molar-refractivity contribution in [3.63, 3.8) is 0 Å². The van der Waals surface area contributed by atoms with Crippen molar-refractivity contribution >= 4 is 0 Å². The highest BCUT2D eigenvalue weighted by atomic mass is 15.3. The van der Waals surface area contributed by atoms with Crippen molar-refractivity contribution in [2.75, 3.05) is 13.6 Å². The van der Waals surface area contributed by atoms with Gasteiger partial charge in [0.25, 0.3) is 0 Å². The molecule has 3 heteroatoms. The molecule has 1 saturated carbocycles. The van der Waals surface area contributed by atoms with E-state index in [1.54, 1.807) is 0 Å². The van der Waals surface area contributed by atoms with Gasteiger partial charge in [0.1, 0.15) is 0 Å². The summed E-state index contributed by atoms with van der Waals surface area (Å²) in [6.45, 7) is 3.29. The first-order valence-electron chi connectivity index (χ1n) is 6.01. The zero-order valence-corrected chi connectivity index (χ0v) is 9.74. The summed E-state index contributed by atoms with van der Waals surface area (Å²) in [4.78, 5) is 0. The van der Waals surface area contributed by atoms with E-state index in [0.717, 1.165) is 6.54 Å². The molecule has 0 spiro atoms. The average molecular weight is 207 g/mol.